The number of nitrogens with zero attached hydrogens (tertiary/aromatic N) is 2. The summed E-state index contributed by atoms with van der Waals surface area (Å²) in [6, 6.07) is 5.10. The fourth-order valence-electron chi connectivity index (χ4n) is 2.66. The summed E-state index contributed by atoms with van der Waals surface area (Å²) in [5.41, 5.74) is 0. The van der Waals surface area contributed by atoms with Gasteiger partial charge in [-0.25, -0.2) is 8.42 Å². The zero-order valence-electron chi connectivity index (χ0n) is 13.0. The van der Waals surface area contributed by atoms with Crippen LogP contribution in [0.3, 0.4) is 0 Å². The number of carbonyl (C=O) groups is 1. The summed E-state index contributed by atoms with van der Waals surface area (Å²) in [5, 5.41) is 3.15. The van der Waals surface area contributed by atoms with Gasteiger partial charge in [-0.3, -0.25) is 9.69 Å². The highest BCUT2D eigenvalue weighted by molar-refractivity contribution is 9.10. The van der Waals surface area contributed by atoms with Crippen molar-refractivity contribution < 1.29 is 13.2 Å². The quantitative estimate of drug-likeness (QED) is 0.762. The van der Waals surface area contributed by atoms with Gasteiger partial charge in [-0.1, -0.05) is 27.5 Å². The molecule has 2 aliphatic rings. The molecule has 0 spiro atoms. The van der Waals surface area contributed by atoms with Gasteiger partial charge in [-0.2, -0.15) is 4.31 Å². The molecule has 1 aromatic rings. The van der Waals surface area contributed by atoms with Crippen LogP contribution in [-0.2, 0) is 14.8 Å². The number of sulfonamides is 1. The van der Waals surface area contributed by atoms with Gasteiger partial charge in [0.15, 0.2) is 0 Å². The molecule has 1 amide bonds. The number of rotatable bonds is 5. The van der Waals surface area contributed by atoms with E-state index in [4.69, 9.17) is 11.6 Å². The Morgan fingerprint density at radius 3 is 2.50 bits per heavy atom. The summed E-state index contributed by atoms with van der Waals surface area (Å²) in [6.45, 7) is 2.09. The Kier molecular flexibility index (Phi) is 5.51. The number of hydrogen-bond acceptors (Lipinski definition) is 4. The van der Waals surface area contributed by atoms with Gasteiger partial charge in [0.2, 0.25) is 15.9 Å². The van der Waals surface area contributed by atoms with E-state index in [1.54, 1.807) is 12.1 Å². The maximum atomic E-state index is 12.7. The average Bonchev–Trinajstić information content (AvgIpc) is 3.31. The molecule has 24 heavy (non-hydrogen) atoms. The van der Waals surface area contributed by atoms with E-state index in [9.17, 15) is 13.2 Å². The molecule has 1 saturated heterocycles. The second-order valence-electron chi connectivity index (χ2n) is 6.10. The molecule has 1 aliphatic heterocycles. The highest BCUT2D eigenvalue weighted by Gasteiger charge is 2.31. The molecule has 0 atom stereocenters. The van der Waals surface area contributed by atoms with Gasteiger partial charge in [0.1, 0.15) is 4.90 Å². The van der Waals surface area contributed by atoms with E-state index in [1.165, 1.54) is 10.4 Å². The van der Waals surface area contributed by atoms with Crippen LogP contribution in [0.4, 0.5) is 0 Å². The van der Waals surface area contributed by atoms with Crippen LogP contribution in [0.1, 0.15) is 12.8 Å². The Hall–Kier alpha value is -0.670. The van der Waals surface area contributed by atoms with Gasteiger partial charge in [0.25, 0.3) is 0 Å². The summed E-state index contributed by atoms with van der Waals surface area (Å²) in [6.07, 6.45) is 2.12. The fraction of sp³-hybridized carbons (Fsp3) is 0.533. The van der Waals surface area contributed by atoms with Crippen molar-refractivity contribution in [2.24, 2.45) is 0 Å². The molecular weight excluding hydrogens is 418 g/mol. The van der Waals surface area contributed by atoms with Crippen LogP contribution >= 0.6 is 27.5 Å². The van der Waals surface area contributed by atoms with Crippen LogP contribution in [-0.4, -0.2) is 62.3 Å². The lowest BCUT2D eigenvalue weighted by Crippen LogP contribution is -2.51. The Morgan fingerprint density at radius 1 is 1.25 bits per heavy atom. The molecule has 1 aliphatic carbocycles. The van der Waals surface area contributed by atoms with E-state index >= 15 is 0 Å². The lowest BCUT2D eigenvalue weighted by atomic mass is 10.3. The zero-order chi connectivity index (χ0) is 17.3. The Labute approximate surface area is 155 Å². The number of nitrogens with one attached hydrogen (secondary N) is 1. The standard InChI is InChI=1S/C15H19BrClN3O3S/c16-11-1-4-14(13(17)9-11)24(22,23)20-7-5-19(6-8-20)10-15(21)18-12-2-3-12/h1,4,9,12H,2-3,5-8,10H2,(H,18,21). The normalized spacial score (nSPS) is 20.1. The van der Waals surface area contributed by atoms with Crippen molar-refractivity contribution in [3.63, 3.8) is 0 Å². The van der Waals surface area contributed by atoms with Crippen molar-refractivity contribution in [3.8, 4) is 0 Å². The number of halogens is 2. The third-order valence-electron chi connectivity index (χ3n) is 4.15. The minimum absolute atomic E-state index is 0.0183. The topological polar surface area (TPSA) is 69.7 Å². The lowest BCUT2D eigenvalue weighted by molar-refractivity contribution is -0.122. The first-order valence-corrected chi connectivity index (χ1v) is 10.4. The molecule has 1 heterocycles. The highest BCUT2D eigenvalue weighted by atomic mass is 79.9. The molecule has 3 rings (SSSR count). The monoisotopic (exact) mass is 435 g/mol. The predicted octanol–water partition coefficient (Wildman–Crippen LogP) is 1.69. The van der Waals surface area contributed by atoms with E-state index in [-0.39, 0.29) is 15.8 Å². The molecular formula is C15H19BrClN3O3S. The fourth-order valence-corrected chi connectivity index (χ4v) is 5.09. The number of piperazine rings is 1. The van der Waals surface area contributed by atoms with Gasteiger partial charge < -0.3 is 5.32 Å². The van der Waals surface area contributed by atoms with Gasteiger partial charge >= 0.3 is 0 Å². The van der Waals surface area contributed by atoms with Crippen LogP contribution < -0.4 is 5.32 Å². The van der Waals surface area contributed by atoms with Gasteiger partial charge in [0.05, 0.1) is 11.6 Å². The van der Waals surface area contributed by atoms with Crippen LogP contribution in [0.5, 0.6) is 0 Å². The first-order valence-electron chi connectivity index (χ1n) is 7.83. The largest absolute Gasteiger partial charge is 0.352 e. The molecule has 1 saturated carbocycles. The number of amides is 1. The zero-order valence-corrected chi connectivity index (χ0v) is 16.2. The summed E-state index contributed by atoms with van der Waals surface area (Å²) in [5.74, 6) is 0.0183. The number of carbonyl (C=O) groups excluding carboxylic acids is 1. The van der Waals surface area contributed by atoms with E-state index < -0.39 is 10.0 Å². The van der Waals surface area contributed by atoms with Gasteiger partial charge in [0, 0.05) is 36.7 Å². The van der Waals surface area contributed by atoms with E-state index in [2.05, 4.69) is 21.2 Å². The molecule has 0 bridgehead atoms. The summed E-state index contributed by atoms with van der Waals surface area (Å²) >= 11 is 9.36. The Morgan fingerprint density at radius 2 is 1.92 bits per heavy atom. The molecule has 2 fully saturated rings. The third kappa shape index (κ3) is 4.29. The molecule has 9 heteroatoms. The van der Waals surface area contributed by atoms with Crippen LogP contribution in [0.15, 0.2) is 27.6 Å². The molecule has 0 aromatic heterocycles. The predicted molar refractivity (Wildman–Crippen MR) is 95.5 cm³/mol. The lowest BCUT2D eigenvalue weighted by Gasteiger charge is -2.33. The second-order valence-corrected chi connectivity index (χ2v) is 9.33. The maximum Gasteiger partial charge on any atom is 0.244 e. The van der Waals surface area contributed by atoms with Crippen molar-refractivity contribution in [1.29, 1.82) is 0 Å². The van der Waals surface area contributed by atoms with Crippen LogP contribution in [0.2, 0.25) is 5.02 Å². The number of hydrogen-bond donors (Lipinski definition) is 1. The van der Waals surface area contributed by atoms with Crippen molar-refractivity contribution in [2.75, 3.05) is 32.7 Å². The molecule has 132 valence electrons. The van der Waals surface area contributed by atoms with E-state index in [0.29, 0.717) is 38.8 Å². The van der Waals surface area contributed by atoms with E-state index in [1.807, 2.05) is 4.90 Å². The van der Waals surface area contributed by atoms with Crippen LogP contribution in [0.25, 0.3) is 0 Å². The summed E-state index contributed by atoms with van der Waals surface area (Å²) in [4.78, 5) is 13.9. The molecule has 1 aromatic carbocycles. The van der Waals surface area contributed by atoms with Gasteiger partial charge in [-0.05, 0) is 31.0 Å². The molecule has 6 nitrogen and oxygen atoms in total. The Balaban J connectivity index is 1.59. The van der Waals surface area contributed by atoms with Crippen molar-refractivity contribution in [3.05, 3.63) is 27.7 Å². The second kappa shape index (κ2) is 7.29. The first kappa shape index (κ1) is 18.1. The van der Waals surface area contributed by atoms with E-state index in [0.717, 1.165) is 17.3 Å². The van der Waals surface area contributed by atoms with Crippen molar-refractivity contribution in [1.82, 2.24) is 14.5 Å². The SMILES string of the molecule is O=C(CN1CCN(S(=O)(=O)c2ccc(Br)cc2Cl)CC1)NC1CC1. The smallest absolute Gasteiger partial charge is 0.244 e. The molecule has 1 N–H and O–H groups in total. The van der Waals surface area contributed by atoms with Crippen molar-refractivity contribution in [2.45, 2.75) is 23.8 Å². The summed E-state index contributed by atoms with van der Waals surface area (Å²) < 4.78 is 27.6. The minimum Gasteiger partial charge on any atom is -0.352 e. The number of benzene rings is 1. The molecule has 0 unspecified atom stereocenters. The first-order chi connectivity index (χ1) is 11.4. The Bertz CT molecular complexity index is 731. The van der Waals surface area contributed by atoms with Gasteiger partial charge in [-0.15, -0.1) is 0 Å². The molecule has 0 radical (unpaired) electrons. The van der Waals surface area contributed by atoms with Crippen LogP contribution in [0, 0.1) is 0 Å². The maximum absolute atomic E-state index is 12.7. The highest BCUT2D eigenvalue weighted by Crippen LogP contribution is 2.28. The average molecular weight is 437 g/mol. The third-order valence-corrected chi connectivity index (χ3v) is 7.03. The summed E-state index contributed by atoms with van der Waals surface area (Å²) in [7, 11) is -3.62. The van der Waals surface area contributed by atoms with Crippen molar-refractivity contribution >= 4 is 43.5 Å². The minimum atomic E-state index is -3.62.